The molecule has 4 N–H and O–H groups in total. The third kappa shape index (κ3) is 4.80. The van der Waals surface area contributed by atoms with Gasteiger partial charge in [0.1, 0.15) is 36.5 Å². The van der Waals surface area contributed by atoms with Gasteiger partial charge in [0, 0.05) is 16.9 Å². The molecule has 1 unspecified atom stereocenters. The van der Waals surface area contributed by atoms with Crippen LogP contribution in [0.1, 0.15) is 5.69 Å². The number of fused-ring (bicyclic) bond motifs is 1. The van der Waals surface area contributed by atoms with E-state index in [4.69, 9.17) is 17.0 Å². The zero-order valence-corrected chi connectivity index (χ0v) is 20.4. The van der Waals surface area contributed by atoms with Crippen molar-refractivity contribution >= 4 is 63.5 Å². The fourth-order valence-electron chi connectivity index (χ4n) is 3.33. The van der Waals surface area contributed by atoms with Gasteiger partial charge >= 0.3 is 5.97 Å². The molecule has 0 radical (unpaired) electrons. The number of aromatic nitrogens is 5. The van der Waals surface area contributed by atoms with Crippen LogP contribution in [0.15, 0.2) is 27.0 Å². The number of β-lactam (4-membered cyclic amide) rings is 1. The topological polar surface area (TPSA) is 191 Å². The van der Waals surface area contributed by atoms with E-state index in [1.54, 1.807) is 0 Å². The first-order valence-corrected chi connectivity index (χ1v) is 12.6. The molecule has 182 valence electrons. The number of carboxylic acid groups (broad SMARTS) is 1. The molecule has 0 bridgehead atoms. The second-order valence-electron chi connectivity index (χ2n) is 6.92. The van der Waals surface area contributed by atoms with Gasteiger partial charge in [0.25, 0.3) is 11.8 Å². The first-order valence-electron chi connectivity index (χ1n) is 9.71. The Morgan fingerprint density at radius 1 is 1.51 bits per heavy atom. The van der Waals surface area contributed by atoms with Gasteiger partial charge in [-0.2, -0.15) is 0 Å². The number of carbonyl (C=O) groups excluding carboxylic acids is 2. The molecule has 2 atom stereocenters. The number of oxime groups is 1. The van der Waals surface area contributed by atoms with Crippen LogP contribution in [-0.4, -0.2) is 88.7 Å². The van der Waals surface area contributed by atoms with Crippen LogP contribution in [-0.2, 0) is 25.8 Å². The Morgan fingerprint density at radius 3 is 2.97 bits per heavy atom. The third-order valence-electron chi connectivity index (χ3n) is 4.81. The van der Waals surface area contributed by atoms with Crippen molar-refractivity contribution in [3.05, 3.63) is 22.3 Å². The summed E-state index contributed by atoms with van der Waals surface area (Å²) < 4.78 is 1.42. The Balaban J connectivity index is 1.49. The number of carbonyl (C=O) groups is 3. The third-order valence-corrected chi connectivity index (χ3v) is 7.87. The first kappa shape index (κ1) is 24.5. The Hall–Kier alpha value is -3.62. The van der Waals surface area contributed by atoms with Crippen LogP contribution in [0.4, 0.5) is 5.13 Å². The van der Waals surface area contributed by atoms with Crippen LogP contribution < -0.4 is 11.1 Å². The molecular formula is C18H17N9O5S3. The summed E-state index contributed by atoms with van der Waals surface area (Å²) in [6.07, 6.45) is 5.30. The van der Waals surface area contributed by atoms with E-state index >= 15 is 0 Å². The molecule has 2 aliphatic heterocycles. The summed E-state index contributed by atoms with van der Waals surface area (Å²) >= 11 is 3.66. The molecule has 0 spiro atoms. The van der Waals surface area contributed by atoms with E-state index in [1.807, 2.05) is 0 Å². The van der Waals surface area contributed by atoms with Crippen molar-refractivity contribution in [3.63, 3.8) is 0 Å². The number of nitrogens with two attached hydrogens (primary N) is 1. The predicted octanol–water partition coefficient (Wildman–Crippen LogP) is -0.774. The molecule has 14 nitrogen and oxygen atoms in total. The fraction of sp³-hybridized carbons (Fsp3) is 0.333. The number of tetrazole rings is 1. The SMILES string of the molecule is C#CCn1nnnc1SCC1=C(C(=O)O)N2C(=O)C(NC(=O)/C(=N/OC)c3csc(N)n3)[C@H]2SC1. The maximum Gasteiger partial charge on any atom is 0.352 e. The molecule has 1 saturated heterocycles. The quantitative estimate of drug-likeness (QED) is 0.120. The predicted molar refractivity (Wildman–Crippen MR) is 127 cm³/mol. The molecular weight excluding hydrogens is 518 g/mol. The van der Waals surface area contributed by atoms with Gasteiger partial charge in [0.15, 0.2) is 10.8 Å². The number of hydrogen-bond acceptors (Lipinski definition) is 13. The number of rotatable bonds is 9. The largest absolute Gasteiger partial charge is 0.477 e. The number of nitrogens with one attached hydrogen (secondary N) is 1. The second kappa shape index (κ2) is 10.3. The number of nitrogens with zero attached hydrogens (tertiary/aromatic N) is 7. The Bertz CT molecular complexity index is 1280. The number of amides is 2. The zero-order valence-electron chi connectivity index (χ0n) is 17.9. The highest BCUT2D eigenvalue weighted by Crippen LogP contribution is 2.41. The van der Waals surface area contributed by atoms with E-state index in [1.165, 1.54) is 45.6 Å². The molecule has 0 aliphatic carbocycles. The molecule has 2 aliphatic rings. The average Bonchev–Trinajstić information content (AvgIpc) is 3.47. The van der Waals surface area contributed by atoms with Crippen LogP contribution in [0.3, 0.4) is 0 Å². The molecule has 17 heteroatoms. The lowest BCUT2D eigenvalue weighted by Crippen LogP contribution is -2.71. The number of nitrogen functional groups attached to an aromatic ring is 1. The van der Waals surface area contributed by atoms with Gasteiger partial charge in [0.05, 0.1) is 0 Å². The standard InChI is InChI=1S/C18H17N9O5S3/c1-3-4-26-18(22-24-25-26)35-6-8-5-33-15-11(14(29)27(15)12(8)16(30)31)21-13(28)10(23-32-2)9-7-34-17(19)20-9/h1,7,11,15H,4-6H2,2H3,(H2,19,20)(H,21,28)(H,30,31)/b23-10+/t11?,15-/m1/s1. The molecule has 4 rings (SSSR count). The van der Waals surface area contributed by atoms with Crippen molar-refractivity contribution in [2.45, 2.75) is 23.1 Å². The van der Waals surface area contributed by atoms with Gasteiger partial charge in [-0.25, -0.2) is 14.5 Å². The Kier molecular flexibility index (Phi) is 7.23. The lowest BCUT2D eigenvalue weighted by atomic mass is 10.0. The lowest BCUT2D eigenvalue weighted by Gasteiger charge is -2.49. The minimum atomic E-state index is -1.24. The van der Waals surface area contributed by atoms with E-state index < -0.39 is 29.2 Å². The summed E-state index contributed by atoms with van der Waals surface area (Å²) in [4.78, 5) is 47.7. The van der Waals surface area contributed by atoms with Crippen LogP contribution >= 0.6 is 34.9 Å². The number of anilines is 1. The first-order chi connectivity index (χ1) is 16.8. The van der Waals surface area contributed by atoms with E-state index in [0.717, 1.165) is 11.3 Å². The molecule has 2 aromatic rings. The van der Waals surface area contributed by atoms with Gasteiger partial charge in [-0.15, -0.1) is 34.6 Å². The van der Waals surface area contributed by atoms with Crippen LogP contribution in [0, 0.1) is 12.3 Å². The smallest absolute Gasteiger partial charge is 0.352 e. The molecule has 2 amide bonds. The van der Waals surface area contributed by atoms with Crippen molar-refractivity contribution in [2.24, 2.45) is 5.16 Å². The van der Waals surface area contributed by atoms with E-state index in [-0.39, 0.29) is 34.5 Å². The summed E-state index contributed by atoms with van der Waals surface area (Å²) in [6, 6.07) is -0.947. The molecule has 1 fully saturated rings. The van der Waals surface area contributed by atoms with E-state index in [9.17, 15) is 19.5 Å². The van der Waals surface area contributed by atoms with Crippen molar-refractivity contribution in [2.75, 3.05) is 24.3 Å². The van der Waals surface area contributed by atoms with E-state index in [2.05, 4.69) is 36.9 Å². The number of carboxylic acids is 1. The highest BCUT2D eigenvalue weighted by atomic mass is 32.2. The maximum atomic E-state index is 12.9. The van der Waals surface area contributed by atoms with Crippen molar-refractivity contribution in [1.29, 1.82) is 0 Å². The lowest BCUT2D eigenvalue weighted by molar-refractivity contribution is -0.150. The van der Waals surface area contributed by atoms with Crippen LogP contribution in [0.5, 0.6) is 0 Å². The Labute approximate surface area is 210 Å². The number of thiazole rings is 1. The van der Waals surface area contributed by atoms with Crippen LogP contribution in [0.2, 0.25) is 0 Å². The summed E-state index contributed by atoms with van der Waals surface area (Å²) in [5, 5.41) is 29.0. The molecule has 2 aromatic heterocycles. The maximum absolute atomic E-state index is 12.9. The molecule has 0 saturated carbocycles. The van der Waals surface area contributed by atoms with Gasteiger partial charge < -0.3 is 21.0 Å². The molecule has 0 aromatic carbocycles. The minimum absolute atomic E-state index is 0.120. The van der Waals surface area contributed by atoms with Gasteiger partial charge in [-0.05, 0) is 16.0 Å². The number of terminal acetylenes is 1. The summed E-state index contributed by atoms with van der Waals surface area (Å²) in [5.41, 5.74) is 6.08. The second-order valence-corrected chi connectivity index (χ2v) is 9.86. The van der Waals surface area contributed by atoms with E-state index in [0.29, 0.717) is 16.5 Å². The fourth-order valence-corrected chi connectivity index (χ4v) is 6.24. The average molecular weight is 536 g/mol. The van der Waals surface area contributed by atoms with Crippen molar-refractivity contribution in [1.82, 2.24) is 35.4 Å². The summed E-state index contributed by atoms with van der Waals surface area (Å²) in [6.45, 7) is 0.171. The monoisotopic (exact) mass is 535 g/mol. The minimum Gasteiger partial charge on any atom is -0.477 e. The number of aliphatic carboxylic acids is 1. The van der Waals surface area contributed by atoms with Crippen molar-refractivity contribution in [3.8, 4) is 12.3 Å². The van der Waals surface area contributed by atoms with Crippen LogP contribution in [0.25, 0.3) is 0 Å². The highest BCUT2D eigenvalue weighted by Gasteiger charge is 2.54. The summed E-state index contributed by atoms with van der Waals surface area (Å²) in [5.74, 6) is 0.508. The normalized spacial score (nSPS) is 19.6. The van der Waals surface area contributed by atoms with Gasteiger partial charge in [0.2, 0.25) is 5.16 Å². The van der Waals surface area contributed by atoms with Gasteiger partial charge in [-0.1, -0.05) is 22.8 Å². The zero-order chi connectivity index (χ0) is 25.1. The van der Waals surface area contributed by atoms with Crippen molar-refractivity contribution < 1.29 is 24.3 Å². The molecule has 4 heterocycles. The molecule has 35 heavy (non-hydrogen) atoms. The summed E-state index contributed by atoms with van der Waals surface area (Å²) in [7, 11) is 1.27. The van der Waals surface area contributed by atoms with Gasteiger partial charge in [-0.3, -0.25) is 14.5 Å². The number of thioether (sulfide) groups is 2. The Morgan fingerprint density at radius 2 is 2.31 bits per heavy atom. The number of hydrogen-bond donors (Lipinski definition) is 3. The highest BCUT2D eigenvalue weighted by molar-refractivity contribution is 8.01.